The molecule has 0 aliphatic carbocycles. The lowest BCUT2D eigenvalue weighted by Gasteiger charge is -2.35. The largest absolute Gasteiger partial charge is 0.334 e. The number of nitrogens with one attached hydrogen (secondary N) is 1. The number of aromatic nitrogens is 2. The second kappa shape index (κ2) is 8.06. The van der Waals surface area contributed by atoms with E-state index in [1.165, 1.54) is 24.3 Å². The van der Waals surface area contributed by atoms with E-state index in [0.29, 0.717) is 28.9 Å². The first-order valence-electron chi connectivity index (χ1n) is 9.62. The fraction of sp³-hybridized carbons (Fsp3) is 0.227. The summed E-state index contributed by atoms with van der Waals surface area (Å²) < 4.78 is 32.5. The highest BCUT2D eigenvalue weighted by atomic mass is 19.1. The third-order valence-electron chi connectivity index (χ3n) is 4.99. The van der Waals surface area contributed by atoms with Gasteiger partial charge in [-0.3, -0.25) is 4.90 Å². The zero-order chi connectivity index (χ0) is 21.3. The number of nitrogens with zero attached hydrogens (tertiary/aromatic N) is 3. The number of rotatable bonds is 5. The maximum Gasteiger partial charge on any atom is 0.322 e. The predicted octanol–water partition coefficient (Wildman–Crippen LogP) is 4.92. The van der Waals surface area contributed by atoms with E-state index < -0.39 is 11.9 Å². The molecule has 0 bridgehead atoms. The minimum atomic E-state index is -0.591. The van der Waals surface area contributed by atoms with Crippen molar-refractivity contribution in [1.82, 2.24) is 20.4 Å². The van der Waals surface area contributed by atoms with Crippen LogP contribution in [0.5, 0.6) is 0 Å². The van der Waals surface area contributed by atoms with Gasteiger partial charge < -0.3 is 9.84 Å². The molecule has 154 valence electrons. The number of hydrogen-bond donors (Lipinski definition) is 1. The zero-order valence-corrected chi connectivity index (χ0v) is 16.5. The molecule has 1 unspecified atom stereocenters. The third kappa shape index (κ3) is 3.68. The summed E-state index contributed by atoms with van der Waals surface area (Å²) in [7, 11) is 0. The van der Waals surface area contributed by atoms with Crippen molar-refractivity contribution in [2.24, 2.45) is 0 Å². The molecule has 4 rings (SSSR count). The van der Waals surface area contributed by atoms with Gasteiger partial charge in [0.25, 0.3) is 5.89 Å². The molecule has 2 aromatic carbocycles. The Morgan fingerprint density at radius 1 is 1.13 bits per heavy atom. The summed E-state index contributed by atoms with van der Waals surface area (Å²) in [5.74, 6) is -0.330. The van der Waals surface area contributed by atoms with Gasteiger partial charge in [-0.25, -0.2) is 13.6 Å². The number of amides is 2. The van der Waals surface area contributed by atoms with Crippen molar-refractivity contribution in [3.8, 4) is 11.4 Å². The molecular formula is C22H20F2N4O2. The number of halogens is 2. The van der Waals surface area contributed by atoms with Crippen molar-refractivity contribution < 1.29 is 18.1 Å². The average molecular weight is 410 g/mol. The summed E-state index contributed by atoms with van der Waals surface area (Å²) in [6.07, 6.45) is 0.762. The van der Waals surface area contributed by atoms with Gasteiger partial charge in [-0.15, -0.1) is 0 Å². The van der Waals surface area contributed by atoms with Gasteiger partial charge >= 0.3 is 6.03 Å². The fourth-order valence-electron chi connectivity index (χ4n) is 3.53. The Kier molecular flexibility index (Phi) is 5.31. The van der Waals surface area contributed by atoms with Gasteiger partial charge in [0.05, 0.1) is 11.6 Å². The van der Waals surface area contributed by atoms with Crippen LogP contribution >= 0.6 is 0 Å². The molecule has 3 aromatic rings. The van der Waals surface area contributed by atoms with Crippen LogP contribution in [0.3, 0.4) is 0 Å². The van der Waals surface area contributed by atoms with Crippen LogP contribution in [-0.2, 0) is 0 Å². The normalized spacial score (nSPS) is 16.7. The molecule has 2 heterocycles. The van der Waals surface area contributed by atoms with Gasteiger partial charge in [0, 0.05) is 17.8 Å². The molecule has 8 heteroatoms. The molecule has 0 saturated heterocycles. The van der Waals surface area contributed by atoms with Gasteiger partial charge in [-0.2, -0.15) is 4.98 Å². The van der Waals surface area contributed by atoms with Gasteiger partial charge in [0.15, 0.2) is 0 Å². The standard InChI is InChI=1S/C22H20F2N4O2/c1-3-11-28-13(2)18(19(25-22(28)29)14-7-9-16(23)10-8-14)21-26-20(27-30-21)15-5-4-6-17(24)12-15/h4-10,12,19H,3,11H2,1-2H3,(H,25,29). The molecule has 6 nitrogen and oxygen atoms in total. The second-order valence-corrected chi connectivity index (χ2v) is 7.02. The summed E-state index contributed by atoms with van der Waals surface area (Å²) in [6, 6.07) is 10.9. The maximum atomic E-state index is 13.6. The number of carbonyl (C=O) groups excluding carboxylic acids is 1. The zero-order valence-electron chi connectivity index (χ0n) is 16.5. The minimum absolute atomic E-state index is 0.210. The summed E-state index contributed by atoms with van der Waals surface area (Å²) in [5, 5.41) is 6.93. The number of carbonyl (C=O) groups is 1. The number of hydrogen-bond acceptors (Lipinski definition) is 4. The molecule has 1 aliphatic rings. The molecule has 0 spiro atoms. The predicted molar refractivity (Wildman–Crippen MR) is 107 cm³/mol. The SMILES string of the molecule is CCCN1C(=O)NC(c2ccc(F)cc2)C(c2nc(-c3cccc(F)c3)no2)=C1C. The van der Waals surface area contributed by atoms with E-state index in [-0.39, 0.29) is 23.6 Å². The third-order valence-corrected chi connectivity index (χ3v) is 4.99. The molecule has 1 aromatic heterocycles. The molecule has 1 N–H and O–H groups in total. The Bertz CT molecular complexity index is 1110. The van der Waals surface area contributed by atoms with Crippen LogP contribution in [0.1, 0.15) is 37.8 Å². The quantitative estimate of drug-likeness (QED) is 0.648. The topological polar surface area (TPSA) is 71.3 Å². The Balaban J connectivity index is 1.81. The van der Waals surface area contributed by atoms with E-state index in [2.05, 4.69) is 15.5 Å². The molecule has 30 heavy (non-hydrogen) atoms. The first-order valence-corrected chi connectivity index (χ1v) is 9.62. The van der Waals surface area contributed by atoms with E-state index in [4.69, 9.17) is 4.52 Å². The van der Waals surface area contributed by atoms with Crippen molar-refractivity contribution >= 4 is 11.6 Å². The van der Waals surface area contributed by atoms with Crippen LogP contribution in [0, 0.1) is 11.6 Å². The Hall–Kier alpha value is -3.55. The van der Waals surface area contributed by atoms with Crippen LogP contribution in [-0.4, -0.2) is 27.6 Å². The Morgan fingerprint density at radius 3 is 2.60 bits per heavy atom. The second-order valence-electron chi connectivity index (χ2n) is 7.02. The molecule has 1 atom stereocenters. The first kappa shape index (κ1) is 19.8. The Morgan fingerprint density at radius 2 is 1.90 bits per heavy atom. The van der Waals surface area contributed by atoms with Crippen molar-refractivity contribution in [2.75, 3.05) is 6.54 Å². The molecule has 0 fully saturated rings. The highest BCUT2D eigenvalue weighted by Gasteiger charge is 2.35. The fourth-order valence-corrected chi connectivity index (χ4v) is 3.53. The van der Waals surface area contributed by atoms with Crippen molar-refractivity contribution in [3.63, 3.8) is 0 Å². The molecule has 0 saturated carbocycles. The van der Waals surface area contributed by atoms with Gasteiger partial charge in [0.2, 0.25) is 5.82 Å². The molecular weight excluding hydrogens is 390 g/mol. The monoisotopic (exact) mass is 410 g/mol. The summed E-state index contributed by atoms with van der Waals surface area (Å²) in [6.45, 7) is 4.30. The van der Waals surface area contributed by atoms with Crippen LogP contribution in [0.25, 0.3) is 17.0 Å². The molecule has 1 aliphatic heterocycles. The minimum Gasteiger partial charge on any atom is -0.334 e. The summed E-state index contributed by atoms with van der Waals surface area (Å²) in [5.41, 5.74) is 2.45. The average Bonchev–Trinajstić information content (AvgIpc) is 3.21. The van der Waals surface area contributed by atoms with E-state index in [1.54, 1.807) is 29.2 Å². The first-order chi connectivity index (χ1) is 14.5. The van der Waals surface area contributed by atoms with E-state index in [0.717, 1.165) is 6.42 Å². The van der Waals surface area contributed by atoms with Gasteiger partial charge in [-0.05, 0) is 43.2 Å². The smallest absolute Gasteiger partial charge is 0.322 e. The van der Waals surface area contributed by atoms with Crippen molar-refractivity contribution in [3.05, 3.63) is 77.3 Å². The summed E-state index contributed by atoms with van der Waals surface area (Å²) in [4.78, 5) is 18.8. The Labute approximate surface area is 172 Å². The highest BCUT2D eigenvalue weighted by Crippen LogP contribution is 2.37. The maximum absolute atomic E-state index is 13.6. The van der Waals surface area contributed by atoms with E-state index >= 15 is 0 Å². The lowest BCUT2D eigenvalue weighted by molar-refractivity contribution is 0.205. The lowest BCUT2D eigenvalue weighted by atomic mass is 9.94. The van der Waals surface area contributed by atoms with Crippen molar-refractivity contribution in [1.29, 1.82) is 0 Å². The van der Waals surface area contributed by atoms with E-state index in [9.17, 15) is 13.6 Å². The van der Waals surface area contributed by atoms with Gasteiger partial charge in [-0.1, -0.05) is 36.3 Å². The highest BCUT2D eigenvalue weighted by molar-refractivity contribution is 5.86. The molecule has 0 radical (unpaired) electrons. The van der Waals surface area contributed by atoms with Gasteiger partial charge in [0.1, 0.15) is 11.6 Å². The van der Waals surface area contributed by atoms with Crippen LogP contribution in [0.15, 0.2) is 58.8 Å². The number of urea groups is 1. The lowest BCUT2D eigenvalue weighted by Crippen LogP contribution is -2.46. The summed E-state index contributed by atoms with van der Waals surface area (Å²) >= 11 is 0. The number of allylic oxidation sites excluding steroid dienone is 1. The van der Waals surface area contributed by atoms with Crippen LogP contribution in [0.4, 0.5) is 13.6 Å². The number of benzene rings is 2. The molecule has 2 amide bonds. The van der Waals surface area contributed by atoms with Crippen LogP contribution < -0.4 is 5.32 Å². The van der Waals surface area contributed by atoms with Crippen LogP contribution in [0.2, 0.25) is 0 Å². The van der Waals surface area contributed by atoms with Crippen molar-refractivity contribution in [2.45, 2.75) is 26.3 Å². The van der Waals surface area contributed by atoms with E-state index in [1.807, 2.05) is 13.8 Å².